The topological polar surface area (TPSA) is 48.0 Å². The molecule has 5 nitrogen and oxygen atoms in total. The van der Waals surface area contributed by atoms with Crippen LogP contribution in [0.1, 0.15) is 22.8 Å². The molecule has 0 bridgehead atoms. The third-order valence-electron chi connectivity index (χ3n) is 5.18. The average Bonchev–Trinajstić information content (AvgIpc) is 2.81. The minimum Gasteiger partial charge on any atom is -0.497 e. The monoisotopic (exact) mass is 403 g/mol. The summed E-state index contributed by atoms with van der Waals surface area (Å²) in [6, 6.07) is 25.8. The van der Waals surface area contributed by atoms with Gasteiger partial charge in [0.05, 0.1) is 13.7 Å². The van der Waals surface area contributed by atoms with Gasteiger partial charge >= 0.3 is 0 Å². The first-order valence-electron chi connectivity index (χ1n) is 10.0. The van der Waals surface area contributed by atoms with Crippen molar-refractivity contribution < 1.29 is 19.0 Å². The molecule has 0 N–H and O–H groups in total. The number of carbonyl (C=O) groups excluding carboxylic acids is 1. The fourth-order valence-corrected chi connectivity index (χ4v) is 3.44. The molecule has 1 aliphatic heterocycles. The highest BCUT2D eigenvalue weighted by Crippen LogP contribution is 2.26. The minimum absolute atomic E-state index is 0.00452. The molecule has 0 aliphatic carbocycles. The molecule has 1 unspecified atom stereocenters. The fourth-order valence-electron chi connectivity index (χ4n) is 3.44. The van der Waals surface area contributed by atoms with Crippen LogP contribution in [0.25, 0.3) is 0 Å². The van der Waals surface area contributed by atoms with E-state index in [-0.39, 0.29) is 18.6 Å². The standard InChI is InChI=1S/C25H25NO4/c1-28-22-11-7-19(8-12-22)15-26-16-24(30-18-25(26)27)21-9-13-23(14-10-21)29-17-20-5-3-2-4-6-20/h2-14,24H,15-18H2,1H3. The van der Waals surface area contributed by atoms with Crippen LogP contribution in [0.5, 0.6) is 11.5 Å². The van der Waals surface area contributed by atoms with E-state index in [9.17, 15) is 4.79 Å². The van der Waals surface area contributed by atoms with Gasteiger partial charge in [0, 0.05) is 6.54 Å². The van der Waals surface area contributed by atoms with Gasteiger partial charge in [-0.25, -0.2) is 0 Å². The lowest BCUT2D eigenvalue weighted by Gasteiger charge is -2.33. The maximum Gasteiger partial charge on any atom is 0.249 e. The molecule has 1 fully saturated rings. The molecule has 0 radical (unpaired) electrons. The number of rotatable bonds is 7. The largest absolute Gasteiger partial charge is 0.497 e. The molecule has 0 aromatic heterocycles. The molecule has 1 heterocycles. The molecule has 3 aromatic carbocycles. The Bertz CT molecular complexity index is 955. The minimum atomic E-state index is -0.149. The smallest absolute Gasteiger partial charge is 0.249 e. The van der Waals surface area contributed by atoms with E-state index in [1.807, 2.05) is 83.8 Å². The lowest BCUT2D eigenvalue weighted by molar-refractivity contribution is -0.150. The van der Waals surface area contributed by atoms with Crippen LogP contribution in [0.4, 0.5) is 0 Å². The first-order chi connectivity index (χ1) is 14.7. The quantitative estimate of drug-likeness (QED) is 0.588. The lowest BCUT2D eigenvalue weighted by Crippen LogP contribution is -2.42. The predicted octanol–water partition coefficient (Wildman–Crippen LogP) is 4.37. The Labute approximate surface area is 176 Å². The van der Waals surface area contributed by atoms with Gasteiger partial charge in [-0.2, -0.15) is 0 Å². The molecule has 5 heteroatoms. The summed E-state index contributed by atoms with van der Waals surface area (Å²) in [6.07, 6.45) is -0.149. The van der Waals surface area contributed by atoms with E-state index in [0.29, 0.717) is 19.7 Å². The predicted molar refractivity (Wildman–Crippen MR) is 114 cm³/mol. The van der Waals surface area contributed by atoms with Crippen molar-refractivity contribution >= 4 is 5.91 Å². The lowest BCUT2D eigenvalue weighted by atomic mass is 10.1. The van der Waals surface area contributed by atoms with Crippen molar-refractivity contribution in [3.05, 3.63) is 95.6 Å². The summed E-state index contributed by atoms with van der Waals surface area (Å²) in [4.78, 5) is 14.2. The van der Waals surface area contributed by atoms with Gasteiger partial charge in [0.2, 0.25) is 5.91 Å². The van der Waals surface area contributed by atoms with Crippen LogP contribution >= 0.6 is 0 Å². The molecule has 0 spiro atoms. The van der Waals surface area contributed by atoms with Crippen molar-refractivity contribution in [2.45, 2.75) is 19.3 Å². The Balaban J connectivity index is 1.36. The van der Waals surface area contributed by atoms with Gasteiger partial charge in [0.1, 0.15) is 30.8 Å². The summed E-state index contributed by atoms with van der Waals surface area (Å²) in [7, 11) is 1.64. The maximum absolute atomic E-state index is 12.3. The van der Waals surface area contributed by atoms with Crippen molar-refractivity contribution in [1.82, 2.24) is 4.90 Å². The van der Waals surface area contributed by atoms with Crippen LogP contribution in [-0.4, -0.2) is 31.1 Å². The van der Waals surface area contributed by atoms with Gasteiger partial charge in [-0.3, -0.25) is 4.79 Å². The summed E-state index contributed by atoms with van der Waals surface area (Å²) < 4.78 is 16.8. The highest BCUT2D eigenvalue weighted by Gasteiger charge is 2.27. The summed E-state index contributed by atoms with van der Waals surface area (Å²) in [6.45, 7) is 1.70. The Hall–Kier alpha value is -3.31. The number of ether oxygens (including phenoxy) is 3. The van der Waals surface area contributed by atoms with Crippen LogP contribution in [0.15, 0.2) is 78.9 Å². The van der Waals surface area contributed by atoms with E-state index in [4.69, 9.17) is 14.2 Å². The molecule has 1 amide bonds. The van der Waals surface area contributed by atoms with E-state index in [2.05, 4.69) is 0 Å². The molecule has 30 heavy (non-hydrogen) atoms. The SMILES string of the molecule is COc1ccc(CN2CC(c3ccc(OCc4ccccc4)cc3)OCC2=O)cc1. The molecular weight excluding hydrogens is 378 g/mol. The van der Waals surface area contributed by atoms with Crippen molar-refractivity contribution in [1.29, 1.82) is 0 Å². The normalized spacial score (nSPS) is 16.4. The molecular formula is C25H25NO4. The van der Waals surface area contributed by atoms with Crippen molar-refractivity contribution in [2.24, 2.45) is 0 Å². The van der Waals surface area contributed by atoms with Gasteiger partial charge < -0.3 is 19.1 Å². The molecule has 3 aromatic rings. The molecule has 0 saturated carbocycles. The van der Waals surface area contributed by atoms with E-state index in [1.54, 1.807) is 7.11 Å². The number of nitrogens with zero attached hydrogens (tertiary/aromatic N) is 1. The third-order valence-corrected chi connectivity index (χ3v) is 5.18. The summed E-state index contributed by atoms with van der Waals surface area (Å²) in [5, 5.41) is 0. The van der Waals surface area contributed by atoms with E-state index in [0.717, 1.165) is 28.2 Å². The number of amides is 1. The second kappa shape index (κ2) is 9.46. The maximum atomic E-state index is 12.3. The number of morpholine rings is 1. The van der Waals surface area contributed by atoms with Crippen molar-refractivity contribution in [3.8, 4) is 11.5 Å². The highest BCUT2D eigenvalue weighted by atomic mass is 16.5. The zero-order chi connectivity index (χ0) is 20.8. The van der Waals surface area contributed by atoms with Crippen molar-refractivity contribution in [3.63, 3.8) is 0 Å². The zero-order valence-corrected chi connectivity index (χ0v) is 17.0. The van der Waals surface area contributed by atoms with Crippen LogP contribution in [0.2, 0.25) is 0 Å². The third kappa shape index (κ3) is 4.99. The van der Waals surface area contributed by atoms with Gasteiger partial charge in [-0.1, -0.05) is 54.6 Å². The van der Waals surface area contributed by atoms with Gasteiger partial charge in [-0.15, -0.1) is 0 Å². The number of hydrogen-bond donors (Lipinski definition) is 0. The van der Waals surface area contributed by atoms with Gasteiger partial charge in [0.15, 0.2) is 0 Å². The summed E-state index contributed by atoms with van der Waals surface area (Å²) in [5.41, 5.74) is 3.23. The first-order valence-corrected chi connectivity index (χ1v) is 10.0. The molecule has 154 valence electrons. The van der Waals surface area contributed by atoms with Gasteiger partial charge in [-0.05, 0) is 41.0 Å². The van der Waals surface area contributed by atoms with Crippen molar-refractivity contribution in [2.75, 3.05) is 20.3 Å². The van der Waals surface area contributed by atoms with Crippen LogP contribution in [-0.2, 0) is 22.7 Å². The Morgan fingerprint density at radius 2 is 1.60 bits per heavy atom. The molecule has 1 aliphatic rings. The Kier molecular flexibility index (Phi) is 6.30. The number of carbonyl (C=O) groups is 1. The number of hydrogen-bond acceptors (Lipinski definition) is 4. The second-order valence-corrected chi connectivity index (χ2v) is 7.27. The second-order valence-electron chi connectivity index (χ2n) is 7.27. The summed E-state index contributed by atoms with van der Waals surface area (Å²) in [5.74, 6) is 1.62. The van der Waals surface area contributed by atoms with Gasteiger partial charge in [0.25, 0.3) is 0 Å². The van der Waals surface area contributed by atoms with Crippen LogP contribution in [0, 0.1) is 0 Å². The summed E-state index contributed by atoms with van der Waals surface area (Å²) >= 11 is 0. The van der Waals surface area contributed by atoms with E-state index in [1.165, 1.54) is 0 Å². The highest BCUT2D eigenvalue weighted by molar-refractivity contribution is 5.78. The average molecular weight is 403 g/mol. The number of methoxy groups -OCH3 is 1. The molecule has 4 rings (SSSR count). The van der Waals surface area contributed by atoms with Crippen LogP contribution in [0.3, 0.4) is 0 Å². The fraction of sp³-hybridized carbons (Fsp3) is 0.240. The van der Waals surface area contributed by atoms with E-state index < -0.39 is 0 Å². The van der Waals surface area contributed by atoms with E-state index >= 15 is 0 Å². The molecule has 1 saturated heterocycles. The zero-order valence-electron chi connectivity index (χ0n) is 17.0. The van der Waals surface area contributed by atoms with Crippen LogP contribution < -0.4 is 9.47 Å². The number of benzene rings is 3. The molecule has 1 atom stereocenters. The first kappa shape index (κ1) is 20.0. The Morgan fingerprint density at radius 1 is 0.900 bits per heavy atom. The Morgan fingerprint density at radius 3 is 2.30 bits per heavy atom.